The second-order valence-corrected chi connectivity index (χ2v) is 12.3. The number of aromatic nitrogens is 2. The monoisotopic (exact) mass is 627 g/mol. The lowest BCUT2D eigenvalue weighted by Crippen LogP contribution is -2.30. The molecule has 5 rings (SSSR count). The highest BCUT2D eigenvalue weighted by Crippen LogP contribution is 2.29. The molecule has 224 valence electrons. The van der Waals surface area contributed by atoms with Gasteiger partial charge in [-0.2, -0.15) is 5.10 Å². The molecule has 1 amide bonds. The molecule has 0 aliphatic rings. The fourth-order valence-electron chi connectivity index (χ4n) is 5.02. The maximum absolute atomic E-state index is 13.1. The summed E-state index contributed by atoms with van der Waals surface area (Å²) < 4.78 is 29.1. The van der Waals surface area contributed by atoms with Gasteiger partial charge >= 0.3 is 5.97 Å². The Bertz CT molecular complexity index is 1920. The van der Waals surface area contributed by atoms with Crippen LogP contribution in [0.15, 0.2) is 108 Å². The van der Waals surface area contributed by atoms with E-state index in [1.165, 1.54) is 16.8 Å². The fraction of sp³-hybridized carbons (Fsp3) is 0.147. The number of sulfonamides is 1. The minimum absolute atomic E-state index is 0.00733. The van der Waals surface area contributed by atoms with Crippen LogP contribution >= 0.6 is 11.6 Å². The van der Waals surface area contributed by atoms with Crippen molar-refractivity contribution in [1.29, 1.82) is 0 Å². The van der Waals surface area contributed by atoms with Crippen LogP contribution in [0.1, 0.15) is 57.4 Å². The molecule has 0 radical (unpaired) electrons. The van der Waals surface area contributed by atoms with E-state index >= 15 is 0 Å². The number of carboxylic acid groups (broad SMARTS) is 1. The number of rotatable bonds is 11. The summed E-state index contributed by atoms with van der Waals surface area (Å²) in [4.78, 5) is 25.7. The number of carboxylic acids is 1. The largest absolute Gasteiger partial charge is 0.476 e. The van der Waals surface area contributed by atoms with E-state index in [2.05, 4.69) is 11.6 Å². The third kappa shape index (κ3) is 6.59. The van der Waals surface area contributed by atoms with E-state index in [4.69, 9.17) is 16.7 Å². The van der Waals surface area contributed by atoms with Gasteiger partial charge in [0, 0.05) is 17.5 Å². The number of aryl methyl sites for hydroxylation is 1. The number of benzene rings is 4. The van der Waals surface area contributed by atoms with Crippen molar-refractivity contribution in [2.24, 2.45) is 0 Å². The first-order valence-electron chi connectivity index (χ1n) is 14.1. The summed E-state index contributed by atoms with van der Waals surface area (Å²) in [6.45, 7) is 2.07. The van der Waals surface area contributed by atoms with Crippen molar-refractivity contribution in [2.75, 3.05) is 0 Å². The van der Waals surface area contributed by atoms with Gasteiger partial charge in [-0.15, -0.1) is 0 Å². The molecule has 1 heterocycles. The lowest BCUT2D eigenvalue weighted by molar-refractivity contribution is 0.0685. The molecule has 0 spiro atoms. The number of para-hydroxylation sites is 1. The molecule has 5 aromatic rings. The Kier molecular flexibility index (Phi) is 9.27. The van der Waals surface area contributed by atoms with Crippen molar-refractivity contribution in [1.82, 2.24) is 14.5 Å². The number of unbranched alkanes of at least 4 members (excludes halogenated alkanes) is 1. The minimum Gasteiger partial charge on any atom is -0.476 e. The van der Waals surface area contributed by atoms with Crippen LogP contribution in [0.2, 0.25) is 5.02 Å². The zero-order valence-corrected chi connectivity index (χ0v) is 25.5. The predicted octanol–water partition coefficient (Wildman–Crippen LogP) is 6.94. The van der Waals surface area contributed by atoms with Crippen LogP contribution < -0.4 is 4.72 Å². The third-order valence-electron chi connectivity index (χ3n) is 7.22. The van der Waals surface area contributed by atoms with Crippen LogP contribution in [0.3, 0.4) is 0 Å². The Morgan fingerprint density at radius 1 is 0.886 bits per heavy atom. The van der Waals surface area contributed by atoms with Gasteiger partial charge in [0.25, 0.3) is 15.9 Å². The number of halogens is 1. The molecule has 2 N–H and O–H groups in total. The van der Waals surface area contributed by atoms with E-state index in [-0.39, 0.29) is 16.2 Å². The number of nitrogens with one attached hydrogen (secondary N) is 1. The summed E-state index contributed by atoms with van der Waals surface area (Å²) in [6, 6.07) is 28.9. The molecule has 44 heavy (non-hydrogen) atoms. The number of amides is 1. The van der Waals surface area contributed by atoms with E-state index in [9.17, 15) is 23.1 Å². The predicted molar refractivity (Wildman–Crippen MR) is 170 cm³/mol. The van der Waals surface area contributed by atoms with Crippen molar-refractivity contribution in [3.05, 3.63) is 136 Å². The molecule has 0 fully saturated rings. The first kappa shape index (κ1) is 30.7. The van der Waals surface area contributed by atoms with Crippen LogP contribution in [0, 0.1) is 0 Å². The molecule has 0 aliphatic heterocycles. The van der Waals surface area contributed by atoms with Crippen LogP contribution in [0.5, 0.6) is 0 Å². The average Bonchev–Trinajstić information content (AvgIpc) is 3.38. The molecule has 4 aromatic carbocycles. The summed E-state index contributed by atoms with van der Waals surface area (Å²) in [5.74, 6) is -1.84. The quantitative estimate of drug-likeness (QED) is 0.164. The Labute approximate surface area is 261 Å². The lowest BCUT2D eigenvalue weighted by atomic mass is 9.95. The Hall–Kier alpha value is -4.73. The minimum atomic E-state index is -4.05. The molecule has 0 saturated carbocycles. The average molecular weight is 628 g/mol. The second-order valence-electron chi connectivity index (χ2n) is 10.2. The van der Waals surface area contributed by atoms with Crippen LogP contribution in [0.4, 0.5) is 0 Å². The summed E-state index contributed by atoms with van der Waals surface area (Å²) in [5, 5.41) is 15.4. The molecule has 0 aliphatic carbocycles. The highest BCUT2D eigenvalue weighted by Gasteiger charge is 2.25. The molecular formula is C34H30ClN3O5S. The molecule has 0 atom stereocenters. The summed E-state index contributed by atoms with van der Waals surface area (Å²) in [7, 11) is -4.05. The van der Waals surface area contributed by atoms with E-state index in [0.29, 0.717) is 45.9 Å². The normalized spacial score (nSPS) is 11.3. The Morgan fingerprint density at radius 2 is 1.55 bits per heavy atom. The Morgan fingerprint density at radius 3 is 2.23 bits per heavy atom. The summed E-state index contributed by atoms with van der Waals surface area (Å²) >= 11 is 6.42. The van der Waals surface area contributed by atoms with Crippen molar-refractivity contribution in [2.45, 2.75) is 37.5 Å². The highest BCUT2D eigenvalue weighted by atomic mass is 35.5. The van der Waals surface area contributed by atoms with Gasteiger partial charge in [-0.05, 0) is 59.9 Å². The van der Waals surface area contributed by atoms with Gasteiger partial charge in [0.1, 0.15) is 0 Å². The zero-order chi connectivity index (χ0) is 31.3. The molecular weight excluding hydrogens is 598 g/mol. The van der Waals surface area contributed by atoms with E-state index in [0.717, 1.165) is 18.4 Å². The van der Waals surface area contributed by atoms with Crippen LogP contribution in [0.25, 0.3) is 16.8 Å². The topological polar surface area (TPSA) is 118 Å². The van der Waals surface area contributed by atoms with Crippen molar-refractivity contribution >= 4 is 33.5 Å². The number of hydrogen-bond donors (Lipinski definition) is 2. The maximum atomic E-state index is 13.1. The van der Waals surface area contributed by atoms with Gasteiger partial charge in [-0.3, -0.25) is 4.79 Å². The molecule has 0 unspecified atom stereocenters. The van der Waals surface area contributed by atoms with Gasteiger partial charge in [0.2, 0.25) is 0 Å². The van der Waals surface area contributed by atoms with E-state index in [1.807, 2.05) is 24.3 Å². The number of hydrogen-bond acceptors (Lipinski definition) is 5. The number of carbonyl (C=O) groups is 2. The molecule has 10 heteroatoms. The summed E-state index contributed by atoms with van der Waals surface area (Å²) in [5.41, 5.74) is 4.19. The zero-order valence-electron chi connectivity index (χ0n) is 23.9. The van der Waals surface area contributed by atoms with Gasteiger partial charge in [0.05, 0.1) is 21.3 Å². The van der Waals surface area contributed by atoms with Crippen molar-refractivity contribution in [3.63, 3.8) is 0 Å². The third-order valence-corrected chi connectivity index (χ3v) is 8.88. The fourth-order valence-corrected chi connectivity index (χ4v) is 6.22. The van der Waals surface area contributed by atoms with Gasteiger partial charge < -0.3 is 5.11 Å². The van der Waals surface area contributed by atoms with Gasteiger partial charge in [-0.1, -0.05) is 97.7 Å². The van der Waals surface area contributed by atoms with Crippen LogP contribution in [-0.4, -0.2) is 35.2 Å². The smallest absolute Gasteiger partial charge is 0.354 e. The first-order chi connectivity index (χ1) is 21.2. The van der Waals surface area contributed by atoms with E-state index < -0.39 is 21.9 Å². The van der Waals surface area contributed by atoms with Crippen molar-refractivity contribution in [3.8, 4) is 16.8 Å². The highest BCUT2D eigenvalue weighted by molar-refractivity contribution is 7.90. The van der Waals surface area contributed by atoms with E-state index in [1.54, 1.807) is 66.7 Å². The van der Waals surface area contributed by atoms with Gasteiger partial charge in [-0.25, -0.2) is 22.6 Å². The maximum Gasteiger partial charge on any atom is 0.354 e. The molecule has 8 nitrogen and oxygen atoms in total. The van der Waals surface area contributed by atoms with Crippen molar-refractivity contribution < 1.29 is 23.1 Å². The van der Waals surface area contributed by atoms with Gasteiger partial charge in [0.15, 0.2) is 5.69 Å². The standard InChI is InChI=1S/C34H30ClN3O5S/c1-2-3-16-30-28(32(34(40)41)38(36-30)31-17-10-9-15-29(31)35)22-23-18-20-24(21-19-23)26-13-7-8-14-27(26)33(39)37-44(42,43)25-11-5-4-6-12-25/h4-15,17-21H,2-3,16,22H2,1H3,(H,37,39)(H,40,41). The first-order valence-corrected chi connectivity index (χ1v) is 15.9. The second kappa shape index (κ2) is 13.3. The lowest BCUT2D eigenvalue weighted by Gasteiger charge is -2.12. The Balaban J connectivity index is 1.46. The summed E-state index contributed by atoms with van der Waals surface area (Å²) in [6.07, 6.45) is 2.72. The number of aromatic carboxylic acids is 1. The van der Waals surface area contributed by atoms with Crippen LogP contribution in [-0.2, 0) is 22.9 Å². The number of nitrogens with zero attached hydrogens (tertiary/aromatic N) is 2. The SMILES string of the molecule is CCCCc1nn(-c2ccccc2Cl)c(C(=O)O)c1Cc1ccc(-c2ccccc2C(=O)NS(=O)(=O)c2ccccc2)cc1. The molecule has 0 bridgehead atoms. The molecule has 0 saturated heterocycles. The molecule has 1 aromatic heterocycles. The number of carbonyl (C=O) groups excluding carboxylic acids is 1.